The predicted molar refractivity (Wildman–Crippen MR) is 185 cm³/mol. The summed E-state index contributed by atoms with van der Waals surface area (Å²) in [6, 6.07) is 62.1. The Morgan fingerprint density at radius 2 is 0.886 bits per heavy atom. The van der Waals surface area contributed by atoms with E-state index in [-0.39, 0.29) is 0 Å². The Labute approximate surface area is 257 Å². The number of para-hydroxylation sites is 3. The quantitative estimate of drug-likeness (QED) is 0.200. The van der Waals surface area contributed by atoms with Crippen molar-refractivity contribution in [3.05, 3.63) is 176 Å². The number of fused-ring (bicyclic) bond motifs is 3. The molecule has 0 aliphatic carbocycles. The maximum absolute atomic E-state index is 6.35. The van der Waals surface area contributed by atoms with Gasteiger partial charge in [0.15, 0.2) is 0 Å². The standard InChI is InChI=1S/C42H29NO/c1-4-13-30(14-5-1)33-27-34(31-15-6-2-7-16-31)29-37(28-33)43(35-17-8-3-9-18-35)36-25-23-32(24-26-36)38-20-12-21-40-39-19-10-11-22-41(39)44-42(38)40/h1-29H. The second-order valence-corrected chi connectivity index (χ2v) is 11.0. The molecule has 0 N–H and O–H groups in total. The molecule has 8 rings (SSSR count). The average Bonchev–Trinajstić information content (AvgIpc) is 3.49. The van der Waals surface area contributed by atoms with Gasteiger partial charge in [-0.25, -0.2) is 0 Å². The first-order chi connectivity index (χ1) is 21.8. The molecule has 1 heterocycles. The van der Waals surface area contributed by atoms with Gasteiger partial charge in [0.05, 0.1) is 0 Å². The van der Waals surface area contributed by atoms with Crippen molar-refractivity contribution in [2.75, 3.05) is 4.90 Å². The summed E-state index contributed by atoms with van der Waals surface area (Å²) in [5.74, 6) is 0. The molecule has 1 aromatic heterocycles. The summed E-state index contributed by atoms with van der Waals surface area (Å²) in [5, 5.41) is 2.28. The summed E-state index contributed by atoms with van der Waals surface area (Å²) in [6.07, 6.45) is 0. The Kier molecular flexibility index (Phi) is 6.51. The van der Waals surface area contributed by atoms with Crippen molar-refractivity contribution in [2.24, 2.45) is 0 Å². The molecule has 44 heavy (non-hydrogen) atoms. The molecule has 2 heteroatoms. The first-order valence-electron chi connectivity index (χ1n) is 14.9. The minimum absolute atomic E-state index is 0.911. The van der Waals surface area contributed by atoms with Gasteiger partial charge < -0.3 is 9.32 Å². The molecule has 0 amide bonds. The fourth-order valence-corrected chi connectivity index (χ4v) is 6.12. The molecule has 0 saturated heterocycles. The van der Waals surface area contributed by atoms with E-state index in [0.717, 1.165) is 50.1 Å². The molecule has 0 saturated carbocycles. The van der Waals surface area contributed by atoms with Gasteiger partial charge in [-0.3, -0.25) is 0 Å². The molecule has 0 fully saturated rings. The van der Waals surface area contributed by atoms with Crippen LogP contribution < -0.4 is 4.90 Å². The van der Waals surface area contributed by atoms with E-state index in [9.17, 15) is 0 Å². The van der Waals surface area contributed by atoms with Crippen molar-refractivity contribution in [3.8, 4) is 33.4 Å². The molecule has 0 spiro atoms. The number of nitrogens with zero attached hydrogens (tertiary/aromatic N) is 1. The van der Waals surface area contributed by atoms with Crippen LogP contribution in [0.15, 0.2) is 180 Å². The highest BCUT2D eigenvalue weighted by atomic mass is 16.3. The summed E-state index contributed by atoms with van der Waals surface area (Å²) in [5.41, 5.74) is 12.1. The van der Waals surface area contributed by atoms with Crippen molar-refractivity contribution >= 4 is 39.0 Å². The molecule has 0 unspecified atom stereocenters. The van der Waals surface area contributed by atoms with Gasteiger partial charge in [0.25, 0.3) is 0 Å². The third kappa shape index (κ3) is 4.73. The molecule has 0 radical (unpaired) electrons. The molecule has 8 aromatic rings. The smallest absolute Gasteiger partial charge is 0.143 e. The number of anilines is 3. The van der Waals surface area contributed by atoms with E-state index in [1.54, 1.807) is 0 Å². The first kappa shape index (κ1) is 25.8. The summed E-state index contributed by atoms with van der Waals surface area (Å²) in [4.78, 5) is 2.34. The zero-order valence-electron chi connectivity index (χ0n) is 24.1. The van der Waals surface area contributed by atoms with Gasteiger partial charge >= 0.3 is 0 Å². The zero-order valence-corrected chi connectivity index (χ0v) is 24.1. The second-order valence-electron chi connectivity index (χ2n) is 11.0. The Balaban J connectivity index is 1.27. The minimum atomic E-state index is 0.911. The van der Waals surface area contributed by atoms with Gasteiger partial charge in [-0.1, -0.05) is 127 Å². The zero-order chi connectivity index (χ0) is 29.3. The normalized spacial score (nSPS) is 11.2. The van der Waals surface area contributed by atoms with Crippen molar-refractivity contribution < 1.29 is 4.42 Å². The van der Waals surface area contributed by atoms with E-state index in [1.165, 1.54) is 22.3 Å². The molecular weight excluding hydrogens is 534 g/mol. The Bertz CT molecular complexity index is 2140. The molecule has 0 atom stereocenters. The Morgan fingerprint density at radius 3 is 1.55 bits per heavy atom. The largest absolute Gasteiger partial charge is 0.455 e. The van der Waals surface area contributed by atoms with Gasteiger partial charge in [-0.2, -0.15) is 0 Å². The molecule has 0 aliphatic heterocycles. The summed E-state index contributed by atoms with van der Waals surface area (Å²) >= 11 is 0. The van der Waals surface area contributed by atoms with Gasteiger partial charge in [-0.15, -0.1) is 0 Å². The molecule has 7 aromatic carbocycles. The summed E-state index contributed by atoms with van der Waals surface area (Å²) < 4.78 is 6.35. The van der Waals surface area contributed by atoms with E-state index in [4.69, 9.17) is 4.42 Å². The van der Waals surface area contributed by atoms with Gasteiger partial charge in [-0.05, 0) is 76.3 Å². The highest BCUT2D eigenvalue weighted by Gasteiger charge is 2.17. The van der Waals surface area contributed by atoms with Crippen LogP contribution in [0.1, 0.15) is 0 Å². The third-order valence-electron chi connectivity index (χ3n) is 8.25. The minimum Gasteiger partial charge on any atom is -0.455 e. The van der Waals surface area contributed by atoms with Crippen LogP contribution in [0.4, 0.5) is 17.1 Å². The lowest BCUT2D eigenvalue weighted by molar-refractivity contribution is 0.670. The summed E-state index contributed by atoms with van der Waals surface area (Å²) in [7, 11) is 0. The average molecular weight is 564 g/mol. The molecule has 2 nitrogen and oxygen atoms in total. The van der Waals surface area contributed by atoms with E-state index >= 15 is 0 Å². The van der Waals surface area contributed by atoms with Crippen molar-refractivity contribution in [1.82, 2.24) is 0 Å². The molecule has 208 valence electrons. The van der Waals surface area contributed by atoms with Gasteiger partial charge in [0.1, 0.15) is 11.2 Å². The van der Waals surface area contributed by atoms with Crippen molar-refractivity contribution in [3.63, 3.8) is 0 Å². The van der Waals surface area contributed by atoms with Crippen LogP contribution in [-0.4, -0.2) is 0 Å². The topological polar surface area (TPSA) is 16.4 Å². The highest BCUT2D eigenvalue weighted by Crippen LogP contribution is 2.41. The van der Waals surface area contributed by atoms with Crippen LogP contribution in [-0.2, 0) is 0 Å². The maximum Gasteiger partial charge on any atom is 0.143 e. The second kappa shape index (κ2) is 11.1. The van der Waals surface area contributed by atoms with E-state index in [2.05, 4.69) is 169 Å². The van der Waals surface area contributed by atoms with E-state index < -0.39 is 0 Å². The fourth-order valence-electron chi connectivity index (χ4n) is 6.12. The molecule has 0 aliphatic rings. The molecule has 0 bridgehead atoms. The molecular formula is C42H29NO. The van der Waals surface area contributed by atoms with E-state index in [0.29, 0.717) is 0 Å². The Morgan fingerprint density at radius 1 is 0.341 bits per heavy atom. The van der Waals surface area contributed by atoms with Gasteiger partial charge in [0.2, 0.25) is 0 Å². The maximum atomic E-state index is 6.35. The first-order valence-corrected chi connectivity index (χ1v) is 14.9. The number of benzene rings is 7. The van der Waals surface area contributed by atoms with Crippen LogP contribution in [0.3, 0.4) is 0 Å². The third-order valence-corrected chi connectivity index (χ3v) is 8.25. The fraction of sp³-hybridized carbons (Fsp3) is 0. The van der Waals surface area contributed by atoms with Crippen LogP contribution in [0.2, 0.25) is 0 Å². The van der Waals surface area contributed by atoms with Crippen molar-refractivity contribution in [1.29, 1.82) is 0 Å². The lowest BCUT2D eigenvalue weighted by Gasteiger charge is -2.27. The number of hydrogen-bond donors (Lipinski definition) is 0. The van der Waals surface area contributed by atoms with Gasteiger partial charge in [0, 0.05) is 33.4 Å². The van der Waals surface area contributed by atoms with Crippen LogP contribution in [0.5, 0.6) is 0 Å². The van der Waals surface area contributed by atoms with E-state index in [1.807, 2.05) is 12.1 Å². The lowest BCUT2D eigenvalue weighted by Crippen LogP contribution is -2.10. The monoisotopic (exact) mass is 563 g/mol. The highest BCUT2D eigenvalue weighted by molar-refractivity contribution is 6.09. The lowest BCUT2D eigenvalue weighted by atomic mass is 9.97. The van der Waals surface area contributed by atoms with Crippen molar-refractivity contribution in [2.45, 2.75) is 0 Å². The van der Waals surface area contributed by atoms with Crippen LogP contribution in [0, 0.1) is 0 Å². The summed E-state index contributed by atoms with van der Waals surface area (Å²) in [6.45, 7) is 0. The van der Waals surface area contributed by atoms with Crippen LogP contribution >= 0.6 is 0 Å². The van der Waals surface area contributed by atoms with Crippen LogP contribution in [0.25, 0.3) is 55.3 Å². The number of furan rings is 1. The predicted octanol–water partition coefficient (Wildman–Crippen LogP) is 12.1. The SMILES string of the molecule is c1ccc(-c2cc(-c3ccccc3)cc(N(c3ccccc3)c3ccc(-c4cccc5c4oc4ccccc45)cc3)c2)cc1. The Hall–Kier alpha value is -5.86. The number of rotatable bonds is 6. The number of hydrogen-bond acceptors (Lipinski definition) is 2.